The molecule has 2 fully saturated rings. The van der Waals surface area contributed by atoms with E-state index in [1.807, 2.05) is 30.8 Å². The molecule has 0 N–H and O–H groups in total. The van der Waals surface area contributed by atoms with Crippen LogP contribution < -0.4 is 9.64 Å². The highest BCUT2D eigenvalue weighted by Crippen LogP contribution is 2.47. The Morgan fingerprint density at radius 2 is 2.17 bits per heavy atom. The number of aryl methyl sites for hydroxylation is 1. The second-order valence-corrected chi connectivity index (χ2v) is 7.61. The zero-order valence-corrected chi connectivity index (χ0v) is 13.6. The van der Waals surface area contributed by atoms with Gasteiger partial charge in [-0.15, -0.1) is 16.9 Å². The van der Waals surface area contributed by atoms with Crippen LogP contribution in [0.3, 0.4) is 0 Å². The third kappa shape index (κ3) is 2.85. The predicted molar refractivity (Wildman–Crippen MR) is 87.4 cm³/mol. The van der Waals surface area contributed by atoms with Gasteiger partial charge in [0.05, 0.1) is 10.4 Å². The van der Waals surface area contributed by atoms with E-state index in [-0.39, 0.29) is 16.7 Å². The standard InChI is InChI=1S/C16H17FN4OS/c1-11-4-5-14(20-19-11)21-9-16(10-21)7-12(8-23-16)22-15-13(17)3-2-6-18-15/h2-6,12H,7-10H2,1H3/t12-/m1/s1. The van der Waals surface area contributed by atoms with Crippen molar-refractivity contribution in [3.63, 3.8) is 0 Å². The Hall–Kier alpha value is -1.89. The largest absolute Gasteiger partial charge is 0.471 e. The normalized spacial score (nSPS) is 22.2. The number of hydrogen-bond donors (Lipinski definition) is 0. The number of rotatable bonds is 3. The molecular weight excluding hydrogens is 315 g/mol. The Bertz CT molecular complexity index is 705. The summed E-state index contributed by atoms with van der Waals surface area (Å²) in [6.45, 7) is 3.79. The maximum absolute atomic E-state index is 13.6. The highest BCUT2D eigenvalue weighted by atomic mass is 32.2. The first-order chi connectivity index (χ1) is 11.1. The van der Waals surface area contributed by atoms with Crippen LogP contribution in [-0.2, 0) is 0 Å². The molecular formula is C16H17FN4OS. The van der Waals surface area contributed by atoms with Crippen LogP contribution in [0.5, 0.6) is 5.88 Å². The number of hydrogen-bond acceptors (Lipinski definition) is 6. The van der Waals surface area contributed by atoms with Gasteiger partial charge in [-0.2, -0.15) is 5.10 Å². The van der Waals surface area contributed by atoms with Crippen LogP contribution in [0.25, 0.3) is 0 Å². The smallest absolute Gasteiger partial charge is 0.250 e. The molecule has 0 saturated carbocycles. The summed E-state index contributed by atoms with van der Waals surface area (Å²) in [6, 6.07) is 6.93. The molecule has 120 valence electrons. The molecule has 4 rings (SSSR count). The third-order valence-electron chi connectivity index (χ3n) is 4.24. The molecule has 7 heteroatoms. The maximum Gasteiger partial charge on any atom is 0.250 e. The van der Waals surface area contributed by atoms with E-state index in [0.717, 1.165) is 36.8 Å². The molecule has 5 nitrogen and oxygen atoms in total. The first kappa shape index (κ1) is 14.7. The predicted octanol–water partition coefficient (Wildman–Crippen LogP) is 2.46. The molecule has 2 aromatic rings. The van der Waals surface area contributed by atoms with Crippen LogP contribution in [0, 0.1) is 12.7 Å². The van der Waals surface area contributed by atoms with Gasteiger partial charge < -0.3 is 9.64 Å². The van der Waals surface area contributed by atoms with Gasteiger partial charge in [-0.25, -0.2) is 9.37 Å². The number of aromatic nitrogens is 3. The number of thioether (sulfide) groups is 1. The van der Waals surface area contributed by atoms with Gasteiger partial charge in [-0.3, -0.25) is 0 Å². The molecule has 1 spiro atoms. The number of anilines is 1. The summed E-state index contributed by atoms with van der Waals surface area (Å²) in [5.74, 6) is 1.49. The third-order valence-corrected chi connectivity index (χ3v) is 5.82. The Morgan fingerprint density at radius 3 is 2.91 bits per heavy atom. The van der Waals surface area contributed by atoms with E-state index in [0.29, 0.717) is 0 Å². The van der Waals surface area contributed by atoms with Crippen LogP contribution in [0.1, 0.15) is 12.1 Å². The molecule has 2 aliphatic heterocycles. The summed E-state index contributed by atoms with van der Waals surface area (Å²) >= 11 is 1.90. The molecule has 2 aliphatic rings. The molecule has 0 amide bonds. The molecule has 0 radical (unpaired) electrons. The highest BCUT2D eigenvalue weighted by Gasteiger charge is 2.50. The lowest BCUT2D eigenvalue weighted by molar-refractivity contribution is 0.185. The highest BCUT2D eigenvalue weighted by molar-refractivity contribution is 8.01. The molecule has 23 heavy (non-hydrogen) atoms. The van der Waals surface area contributed by atoms with Crippen molar-refractivity contribution in [3.8, 4) is 5.88 Å². The second-order valence-electron chi connectivity index (χ2n) is 6.12. The monoisotopic (exact) mass is 332 g/mol. The number of pyridine rings is 1. The van der Waals surface area contributed by atoms with E-state index in [4.69, 9.17) is 4.74 Å². The van der Waals surface area contributed by atoms with Gasteiger partial charge in [0, 0.05) is 31.5 Å². The molecule has 0 unspecified atom stereocenters. The molecule has 0 aromatic carbocycles. The number of halogens is 1. The fourth-order valence-electron chi connectivity index (χ4n) is 3.09. The van der Waals surface area contributed by atoms with Crippen molar-refractivity contribution >= 4 is 17.6 Å². The van der Waals surface area contributed by atoms with Gasteiger partial charge in [0.2, 0.25) is 0 Å². The Kier molecular flexibility index (Phi) is 3.60. The molecule has 0 aliphatic carbocycles. The summed E-state index contributed by atoms with van der Waals surface area (Å²) in [6.07, 6.45) is 2.47. The van der Waals surface area contributed by atoms with E-state index in [2.05, 4.69) is 20.1 Å². The fraction of sp³-hybridized carbons (Fsp3) is 0.438. The second kappa shape index (κ2) is 5.63. The molecule has 4 heterocycles. The first-order valence-corrected chi connectivity index (χ1v) is 8.59. The van der Waals surface area contributed by atoms with Gasteiger partial charge in [0.25, 0.3) is 5.88 Å². The summed E-state index contributed by atoms with van der Waals surface area (Å²) < 4.78 is 19.6. The lowest BCUT2D eigenvalue weighted by Crippen LogP contribution is -2.59. The summed E-state index contributed by atoms with van der Waals surface area (Å²) in [5, 5.41) is 8.33. The zero-order valence-electron chi connectivity index (χ0n) is 12.8. The maximum atomic E-state index is 13.6. The minimum atomic E-state index is -0.399. The van der Waals surface area contributed by atoms with Gasteiger partial charge in [0.1, 0.15) is 6.10 Å². The van der Waals surface area contributed by atoms with E-state index >= 15 is 0 Å². The van der Waals surface area contributed by atoms with E-state index < -0.39 is 5.82 Å². The van der Waals surface area contributed by atoms with Gasteiger partial charge in [-0.05, 0) is 31.2 Å². The summed E-state index contributed by atoms with van der Waals surface area (Å²) in [7, 11) is 0. The average Bonchev–Trinajstić information content (AvgIpc) is 2.93. The quantitative estimate of drug-likeness (QED) is 0.861. The van der Waals surface area contributed by atoms with E-state index in [1.54, 1.807) is 12.3 Å². The van der Waals surface area contributed by atoms with Crippen LogP contribution in [-0.4, -0.2) is 44.9 Å². The van der Waals surface area contributed by atoms with Crippen molar-refractivity contribution in [2.45, 2.75) is 24.2 Å². The Morgan fingerprint density at radius 1 is 1.30 bits per heavy atom. The topological polar surface area (TPSA) is 51.1 Å². The van der Waals surface area contributed by atoms with Crippen LogP contribution in [0.4, 0.5) is 10.2 Å². The van der Waals surface area contributed by atoms with Crippen molar-refractivity contribution in [1.29, 1.82) is 0 Å². The van der Waals surface area contributed by atoms with Crippen molar-refractivity contribution in [2.75, 3.05) is 23.7 Å². The Labute approximate surface area is 138 Å². The minimum absolute atomic E-state index is 0.00986. The lowest BCUT2D eigenvalue weighted by Gasteiger charge is -2.47. The van der Waals surface area contributed by atoms with Crippen LogP contribution in [0.2, 0.25) is 0 Å². The van der Waals surface area contributed by atoms with Gasteiger partial charge >= 0.3 is 0 Å². The van der Waals surface area contributed by atoms with Crippen molar-refractivity contribution in [1.82, 2.24) is 15.2 Å². The fourth-order valence-corrected chi connectivity index (χ4v) is 4.61. The van der Waals surface area contributed by atoms with Crippen molar-refractivity contribution in [2.24, 2.45) is 0 Å². The first-order valence-electron chi connectivity index (χ1n) is 7.60. The van der Waals surface area contributed by atoms with Crippen LogP contribution in [0.15, 0.2) is 30.5 Å². The Balaban J connectivity index is 1.36. The average molecular weight is 332 g/mol. The molecule has 2 saturated heterocycles. The lowest BCUT2D eigenvalue weighted by atomic mass is 9.93. The summed E-state index contributed by atoms with van der Waals surface area (Å²) in [5.41, 5.74) is 0.921. The van der Waals surface area contributed by atoms with Gasteiger partial charge in [-0.1, -0.05) is 0 Å². The number of ether oxygens (including phenoxy) is 1. The number of nitrogens with zero attached hydrogens (tertiary/aromatic N) is 4. The molecule has 1 atom stereocenters. The minimum Gasteiger partial charge on any atom is -0.471 e. The van der Waals surface area contributed by atoms with Crippen LogP contribution >= 0.6 is 11.8 Å². The summed E-state index contributed by atoms with van der Waals surface area (Å²) in [4.78, 5) is 6.19. The van der Waals surface area contributed by atoms with Crippen molar-refractivity contribution in [3.05, 3.63) is 42.0 Å². The molecule has 0 bridgehead atoms. The SMILES string of the molecule is Cc1ccc(N2CC3(C[C@@H](Oc4ncccc4F)CS3)C2)nn1. The van der Waals surface area contributed by atoms with E-state index in [1.165, 1.54) is 6.07 Å². The molecule has 2 aromatic heterocycles. The van der Waals surface area contributed by atoms with Crippen molar-refractivity contribution < 1.29 is 9.13 Å². The zero-order chi connectivity index (χ0) is 15.9. The van der Waals surface area contributed by atoms with Gasteiger partial charge in [0.15, 0.2) is 11.6 Å². The van der Waals surface area contributed by atoms with E-state index in [9.17, 15) is 4.39 Å².